The lowest BCUT2D eigenvalue weighted by atomic mass is 10.2. The molecule has 10 heteroatoms. The van der Waals surface area contributed by atoms with Gasteiger partial charge in [-0.2, -0.15) is 4.31 Å². The Morgan fingerprint density at radius 1 is 1.38 bits per heavy atom. The number of nitro benzene ring substituents is 1. The first kappa shape index (κ1) is 18.6. The lowest BCUT2D eigenvalue weighted by Gasteiger charge is -2.34. The van der Waals surface area contributed by atoms with E-state index in [1.165, 1.54) is 10.4 Å². The highest BCUT2D eigenvalue weighted by molar-refractivity contribution is 7.89. The van der Waals surface area contributed by atoms with Gasteiger partial charge in [-0.25, -0.2) is 12.8 Å². The van der Waals surface area contributed by atoms with Crippen molar-refractivity contribution in [3.8, 4) is 0 Å². The molecule has 0 amide bonds. The van der Waals surface area contributed by atoms with Crippen LogP contribution < -0.4 is 5.32 Å². The van der Waals surface area contributed by atoms with Crippen molar-refractivity contribution < 1.29 is 22.5 Å². The van der Waals surface area contributed by atoms with Gasteiger partial charge in [-0.3, -0.25) is 10.1 Å². The fourth-order valence-corrected chi connectivity index (χ4v) is 4.10. The molecule has 1 heterocycles. The molecule has 1 aliphatic rings. The lowest BCUT2D eigenvalue weighted by Crippen LogP contribution is -2.49. The molecule has 0 saturated carbocycles. The third-order valence-corrected chi connectivity index (χ3v) is 5.42. The Kier molecular flexibility index (Phi) is 5.73. The summed E-state index contributed by atoms with van der Waals surface area (Å²) in [5.74, 6) is -0.947. The molecule has 2 rings (SSSR count). The van der Waals surface area contributed by atoms with Gasteiger partial charge in [0.05, 0.1) is 29.0 Å². The van der Waals surface area contributed by atoms with Crippen molar-refractivity contribution in [1.29, 1.82) is 0 Å². The van der Waals surface area contributed by atoms with Gasteiger partial charge in [0.15, 0.2) is 0 Å². The van der Waals surface area contributed by atoms with E-state index < -0.39 is 26.5 Å². The average molecular weight is 361 g/mol. The van der Waals surface area contributed by atoms with Crippen molar-refractivity contribution in [2.24, 2.45) is 0 Å². The number of hydrogen-bond acceptors (Lipinski definition) is 6. The number of nitrogens with zero attached hydrogens (tertiary/aromatic N) is 2. The number of hydrogen-bond donors (Lipinski definition) is 1. The molecule has 1 fully saturated rings. The van der Waals surface area contributed by atoms with E-state index in [4.69, 9.17) is 4.74 Å². The van der Waals surface area contributed by atoms with Crippen LogP contribution in [0.5, 0.6) is 0 Å². The Labute approximate surface area is 139 Å². The van der Waals surface area contributed by atoms with Gasteiger partial charge in [0.2, 0.25) is 10.0 Å². The lowest BCUT2D eigenvalue weighted by molar-refractivity contribution is -0.384. The normalized spacial score (nSPS) is 22.3. The third kappa shape index (κ3) is 4.62. The second-order valence-electron chi connectivity index (χ2n) is 5.74. The number of benzene rings is 1. The first-order valence-electron chi connectivity index (χ1n) is 7.50. The van der Waals surface area contributed by atoms with Crippen LogP contribution in [0.4, 0.5) is 15.8 Å². The van der Waals surface area contributed by atoms with E-state index in [-0.39, 0.29) is 43.3 Å². The summed E-state index contributed by atoms with van der Waals surface area (Å²) >= 11 is 0. The summed E-state index contributed by atoms with van der Waals surface area (Å²) in [6.07, 6.45) is -0.371. The first-order chi connectivity index (χ1) is 11.2. The van der Waals surface area contributed by atoms with Crippen molar-refractivity contribution in [2.45, 2.75) is 26.1 Å². The second kappa shape index (κ2) is 7.41. The van der Waals surface area contributed by atoms with Gasteiger partial charge in [-0.1, -0.05) is 0 Å². The van der Waals surface area contributed by atoms with E-state index in [1.807, 2.05) is 0 Å². The molecule has 8 nitrogen and oxygen atoms in total. The predicted molar refractivity (Wildman–Crippen MR) is 86.9 cm³/mol. The second-order valence-corrected chi connectivity index (χ2v) is 7.82. The first-order valence-corrected chi connectivity index (χ1v) is 9.11. The average Bonchev–Trinajstić information content (AvgIpc) is 2.47. The Bertz CT molecular complexity index is 702. The quantitative estimate of drug-likeness (QED) is 0.610. The highest BCUT2D eigenvalue weighted by atomic mass is 32.2. The topological polar surface area (TPSA) is 102 Å². The molecule has 1 aromatic rings. The monoisotopic (exact) mass is 361 g/mol. The molecule has 1 N–H and O–H groups in total. The predicted octanol–water partition coefficient (Wildman–Crippen LogP) is 1.58. The number of morpholine rings is 1. The molecule has 134 valence electrons. The molecular formula is C14H20FN3O5S. The number of sulfonamides is 1. The van der Waals surface area contributed by atoms with E-state index in [9.17, 15) is 22.9 Å². The minimum Gasteiger partial charge on any atom is -0.378 e. The SMILES string of the molecule is CC1CN(S(=O)(=O)CCNc2ccc(F)cc2[N+](=O)[O-])CC(C)O1. The van der Waals surface area contributed by atoms with Crippen LogP contribution in [0.2, 0.25) is 0 Å². The number of anilines is 1. The summed E-state index contributed by atoms with van der Waals surface area (Å²) in [4.78, 5) is 10.2. The van der Waals surface area contributed by atoms with E-state index in [0.29, 0.717) is 0 Å². The largest absolute Gasteiger partial charge is 0.378 e. The fraction of sp³-hybridized carbons (Fsp3) is 0.571. The van der Waals surface area contributed by atoms with Gasteiger partial charge in [0, 0.05) is 19.6 Å². The van der Waals surface area contributed by atoms with Crippen molar-refractivity contribution in [3.63, 3.8) is 0 Å². The Morgan fingerprint density at radius 2 is 2.00 bits per heavy atom. The Morgan fingerprint density at radius 3 is 2.58 bits per heavy atom. The number of nitro groups is 1. The third-order valence-electron chi connectivity index (χ3n) is 3.61. The molecule has 2 atom stereocenters. The van der Waals surface area contributed by atoms with Crippen molar-refractivity contribution in [1.82, 2.24) is 4.31 Å². The number of nitrogens with one attached hydrogen (secondary N) is 1. The summed E-state index contributed by atoms with van der Waals surface area (Å²) in [7, 11) is -3.51. The van der Waals surface area contributed by atoms with Gasteiger partial charge >= 0.3 is 0 Å². The van der Waals surface area contributed by atoms with E-state index >= 15 is 0 Å². The van der Waals surface area contributed by atoms with Crippen LogP contribution in [-0.2, 0) is 14.8 Å². The van der Waals surface area contributed by atoms with Crippen LogP contribution >= 0.6 is 0 Å². The van der Waals surface area contributed by atoms with Crippen LogP contribution in [0.1, 0.15) is 13.8 Å². The molecule has 24 heavy (non-hydrogen) atoms. The molecular weight excluding hydrogens is 341 g/mol. The Hall–Kier alpha value is -1.78. The minimum atomic E-state index is -3.51. The van der Waals surface area contributed by atoms with Gasteiger partial charge in [0.25, 0.3) is 5.69 Å². The summed E-state index contributed by atoms with van der Waals surface area (Å²) < 4.78 is 44.7. The Balaban J connectivity index is 2.00. The van der Waals surface area contributed by atoms with Crippen molar-refractivity contribution >= 4 is 21.4 Å². The summed E-state index contributed by atoms with van der Waals surface area (Å²) in [6, 6.07) is 3.09. The molecule has 1 saturated heterocycles. The molecule has 0 spiro atoms. The zero-order chi connectivity index (χ0) is 17.9. The molecule has 0 bridgehead atoms. The van der Waals surface area contributed by atoms with E-state index in [0.717, 1.165) is 12.1 Å². The fourth-order valence-electron chi connectivity index (χ4n) is 2.61. The summed E-state index contributed by atoms with van der Waals surface area (Å²) in [5, 5.41) is 13.6. The molecule has 1 aliphatic heterocycles. The molecule has 0 aromatic heterocycles. The summed E-state index contributed by atoms with van der Waals surface area (Å²) in [5.41, 5.74) is -0.346. The standard InChI is InChI=1S/C14H20FN3O5S/c1-10-8-17(9-11(2)23-10)24(21,22)6-5-16-13-4-3-12(15)7-14(13)18(19)20/h3-4,7,10-11,16H,5-6,8-9H2,1-2H3. The van der Waals surface area contributed by atoms with Crippen LogP contribution in [0, 0.1) is 15.9 Å². The molecule has 0 radical (unpaired) electrons. The highest BCUT2D eigenvalue weighted by Gasteiger charge is 2.30. The maximum atomic E-state index is 13.1. The van der Waals surface area contributed by atoms with Crippen molar-refractivity contribution in [2.75, 3.05) is 30.7 Å². The smallest absolute Gasteiger partial charge is 0.295 e. The van der Waals surface area contributed by atoms with E-state index in [2.05, 4.69) is 5.32 Å². The maximum Gasteiger partial charge on any atom is 0.295 e. The van der Waals surface area contributed by atoms with E-state index in [1.54, 1.807) is 13.8 Å². The van der Waals surface area contributed by atoms with Gasteiger partial charge in [-0.15, -0.1) is 0 Å². The van der Waals surface area contributed by atoms with Crippen LogP contribution in [0.25, 0.3) is 0 Å². The van der Waals surface area contributed by atoms with Gasteiger partial charge < -0.3 is 10.1 Å². The van der Waals surface area contributed by atoms with Crippen LogP contribution in [0.15, 0.2) is 18.2 Å². The highest BCUT2D eigenvalue weighted by Crippen LogP contribution is 2.25. The maximum absolute atomic E-state index is 13.1. The van der Waals surface area contributed by atoms with Crippen LogP contribution in [-0.4, -0.2) is 55.2 Å². The molecule has 0 aliphatic carbocycles. The number of rotatable bonds is 6. The molecule has 2 unspecified atom stereocenters. The van der Waals surface area contributed by atoms with Crippen LogP contribution in [0.3, 0.4) is 0 Å². The minimum absolute atomic E-state index is 0.0189. The van der Waals surface area contributed by atoms with Crippen molar-refractivity contribution in [3.05, 3.63) is 34.1 Å². The zero-order valence-corrected chi connectivity index (χ0v) is 14.3. The zero-order valence-electron chi connectivity index (χ0n) is 13.4. The van der Waals surface area contributed by atoms with Gasteiger partial charge in [0.1, 0.15) is 11.5 Å². The summed E-state index contributed by atoms with van der Waals surface area (Å²) in [6.45, 7) is 4.15. The number of halogens is 1. The molecule has 1 aromatic carbocycles. The van der Waals surface area contributed by atoms with Gasteiger partial charge in [-0.05, 0) is 26.0 Å². The number of ether oxygens (including phenoxy) is 1.